The lowest BCUT2D eigenvalue weighted by molar-refractivity contribution is 0.0374. The van der Waals surface area contributed by atoms with Crippen LogP contribution >= 0.6 is 0 Å². The molecule has 2 aromatic carbocycles. The number of carbonyl (C=O) groups is 1. The molecule has 0 aliphatic carbocycles. The van der Waals surface area contributed by atoms with Gasteiger partial charge in [-0.3, -0.25) is 9.69 Å². The van der Waals surface area contributed by atoms with E-state index in [4.69, 9.17) is 9.72 Å². The molecule has 0 bridgehead atoms. The number of hydrogen-bond donors (Lipinski definition) is 1. The van der Waals surface area contributed by atoms with Gasteiger partial charge in [-0.05, 0) is 38.1 Å². The number of amides is 1. The molecular weight excluding hydrogens is 362 g/mol. The van der Waals surface area contributed by atoms with Crippen molar-refractivity contribution in [2.45, 2.75) is 13.3 Å². The lowest BCUT2D eigenvalue weighted by Gasteiger charge is -2.26. The van der Waals surface area contributed by atoms with Crippen molar-refractivity contribution in [2.75, 3.05) is 39.4 Å². The van der Waals surface area contributed by atoms with E-state index in [1.54, 1.807) is 0 Å². The lowest BCUT2D eigenvalue weighted by Crippen LogP contribution is -2.38. The number of pyridine rings is 1. The minimum atomic E-state index is -0.0421. The predicted molar refractivity (Wildman–Crippen MR) is 116 cm³/mol. The number of nitrogens with zero attached hydrogens (tertiary/aromatic N) is 2. The van der Waals surface area contributed by atoms with Crippen molar-refractivity contribution in [3.8, 4) is 11.3 Å². The van der Waals surface area contributed by atoms with Crippen LogP contribution < -0.4 is 5.32 Å². The molecule has 1 aliphatic rings. The van der Waals surface area contributed by atoms with Gasteiger partial charge >= 0.3 is 0 Å². The standard InChI is InChI=1S/C24H27N3O2/c1-18-6-4-7-19(16-18)23-17-21(20-8-2-3-9-22(20)26-23)24(28)25-10-5-11-27-12-14-29-15-13-27/h2-4,6-9,16-17H,5,10-15H2,1H3,(H,25,28). The first-order chi connectivity index (χ1) is 14.2. The van der Waals surface area contributed by atoms with Crippen LogP contribution in [0.3, 0.4) is 0 Å². The molecule has 0 unspecified atom stereocenters. The third-order valence-corrected chi connectivity index (χ3v) is 5.32. The highest BCUT2D eigenvalue weighted by Crippen LogP contribution is 2.25. The first kappa shape index (κ1) is 19.6. The number of rotatable bonds is 6. The summed E-state index contributed by atoms with van der Waals surface area (Å²) in [5.41, 5.74) is 4.54. The quantitative estimate of drug-likeness (QED) is 0.654. The number of morpholine rings is 1. The van der Waals surface area contributed by atoms with Crippen LogP contribution in [0.4, 0.5) is 0 Å². The molecule has 4 rings (SSSR count). The fourth-order valence-corrected chi connectivity index (χ4v) is 3.74. The highest BCUT2D eigenvalue weighted by Gasteiger charge is 2.14. The van der Waals surface area contributed by atoms with E-state index in [0.717, 1.165) is 61.4 Å². The van der Waals surface area contributed by atoms with Gasteiger partial charge in [0.25, 0.3) is 5.91 Å². The minimum absolute atomic E-state index is 0.0421. The molecule has 1 N–H and O–H groups in total. The van der Waals surface area contributed by atoms with Gasteiger partial charge in [0.1, 0.15) is 0 Å². The Labute approximate surface area is 171 Å². The number of benzene rings is 2. The highest BCUT2D eigenvalue weighted by atomic mass is 16.5. The number of fused-ring (bicyclic) bond motifs is 1. The monoisotopic (exact) mass is 389 g/mol. The topological polar surface area (TPSA) is 54.5 Å². The first-order valence-corrected chi connectivity index (χ1v) is 10.3. The molecule has 0 atom stereocenters. The largest absolute Gasteiger partial charge is 0.379 e. The Bertz CT molecular complexity index is 996. The Morgan fingerprint density at radius 1 is 1.10 bits per heavy atom. The molecule has 1 aliphatic heterocycles. The number of para-hydroxylation sites is 1. The second-order valence-corrected chi connectivity index (χ2v) is 7.51. The molecule has 2 heterocycles. The summed E-state index contributed by atoms with van der Waals surface area (Å²) in [6, 6.07) is 18.0. The summed E-state index contributed by atoms with van der Waals surface area (Å²) >= 11 is 0. The van der Waals surface area contributed by atoms with Crippen molar-refractivity contribution in [3.05, 3.63) is 65.7 Å². The van der Waals surface area contributed by atoms with E-state index in [2.05, 4.69) is 29.3 Å². The highest BCUT2D eigenvalue weighted by molar-refractivity contribution is 6.07. The zero-order valence-electron chi connectivity index (χ0n) is 16.9. The summed E-state index contributed by atoms with van der Waals surface area (Å²) in [7, 11) is 0. The summed E-state index contributed by atoms with van der Waals surface area (Å²) in [6.07, 6.45) is 0.930. The third kappa shape index (κ3) is 4.81. The van der Waals surface area contributed by atoms with Crippen molar-refractivity contribution in [1.82, 2.24) is 15.2 Å². The fourth-order valence-electron chi connectivity index (χ4n) is 3.74. The molecule has 0 radical (unpaired) electrons. The fraction of sp³-hybridized carbons (Fsp3) is 0.333. The van der Waals surface area contributed by atoms with Gasteiger partial charge in [0, 0.05) is 30.6 Å². The number of ether oxygens (including phenoxy) is 1. The van der Waals surface area contributed by atoms with E-state index in [0.29, 0.717) is 12.1 Å². The Balaban J connectivity index is 1.51. The van der Waals surface area contributed by atoms with E-state index >= 15 is 0 Å². The van der Waals surface area contributed by atoms with Crippen LogP contribution in [0.25, 0.3) is 22.2 Å². The van der Waals surface area contributed by atoms with E-state index < -0.39 is 0 Å². The normalized spacial score (nSPS) is 14.8. The van der Waals surface area contributed by atoms with Crippen molar-refractivity contribution >= 4 is 16.8 Å². The molecule has 1 aromatic heterocycles. The summed E-state index contributed by atoms with van der Waals surface area (Å²) in [5, 5.41) is 3.98. The molecule has 1 saturated heterocycles. The van der Waals surface area contributed by atoms with Gasteiger partial charge in [0.15, 0.2) is 0 Å². The SMILES string of the molecule is Cc1cccc(-c2cc(C(=O)NCCCN3CCOCC3)c3ccccc3n2)c1. The van der Waals surface area contributed by atoms with Crippen molar-refractivity contribution in [2.24, 2.45) is 0 Å². The predicted octanol–water partition coefficient (Wildman–Crippen LogP) is 3.66. The van der Waals surface area contributed by atoms with Gasteiger partial charge < -0.3 is 10.1 Å². The van der Waals surface area contributed by atoms with E-state index in [1.807, 2.05) is 42.5 Å². The molecule has 150 valence electrons. The smallest absolute Gasteiger partial charge is 0.252 e. The first-order valence-electron chi connectivity index (χ1n) is 10.3. The molecular formula is C24H27N3O2. The number of aryl methyl sites for hydroxylation is 1. The Kier molecular flexibility index (Phi) is 6.17. The summed E-state index contributed by atoms with van der Waals surface area (Å²) in [5.74, 6) is -0.0421. The van der Waals surface area contributed by atoms with Gasteiger partial charge in [-0.1, -0.05) is 42.0 Å². The number of carbonyl (C=O) groups excluding carboxylic acids is 1. The maximum absolute atomic E-state index is 13.0. The Morgan fingerprint density at radius 3 is 2.76 bits per heavy atom. The van der Waals surface area contributed by atoms with Gasteiger partial charge in [-0.25, -0.2) is 4.98 Å². The molecule has 29 heavy (non-hydrogen) atoms. The Hall–Kier alpha value is -2.76. The lowest BCUT2D eigenvalue weighted by atomic mass is 10.0. The Morgan fingerprint density at radius 2 is 1.93 bits per heavy atom. The van der Waals surface area contributed by atoms with E-state index in [-0.39, 0.29) is 5.91 Å². The van der Waals surface area contributed by atoms with Crippen LogP contribution in [0.15, 0.2) is 54.6 Å². The van der Waals surface area contributed by atoms with Crippen molar-refractivity contribution in [1.29, 1.82) is 0 Å². The van der Waals surface area contributed by atoms with Crippen molar-refractivity contribution in [3.63, 3.8) is 0 Å². The maximum atomic E-state index is 13.0. The zero-order chi connectivity index (χ0) is 20.1. The van der Waals surface area contributed by atoms with Gasteiger partial charge in [0.05, 0.1) is 30.0 Å². The molecule has 5 heteroatoms. The second kappa shape index (κ2) is 9.16. The van der Waals surface area contributed by atoms with Crippen LogP contribution in [0.5, 0.6) is 0 Å². The van der Waals surface area contributed by atoms with Gasteiger partial charge in [0.2, 0.25) is 0 Å². The molecule has 0 spiro atoms. The molecule has 1 fully saturated rings. The van der Waals surface area contributed by atoms with Crippen LogP contribution in [-0.2, 0) is 4.74 Å². The molecule has 3 aromatic rings. The number of hydrogen-bond acceptors (Lipinski definition) is 4. The average molecular weight is 389 g/mol. The second-order valence-electron chi connectivity index (χ2n) is 7.51. The average Bonchev–Trinajstić information content (AvgIpc) is 2.76. The van der Waals surface area contributed by atoms with E-state index in [9.17, 15) is 4.79 Å². The minimum Gasteiger partial charge on any atom is -0.379 e. The van der Waals surface area contributed by atoms with Gasteiger partial charge in [-0.15, -0.1) is 0 Å². The van der Waals surface area contributed by atoms with Crippen LogP contribution in [-0.4, -0.2) is 55.2 Å². The van der Waals surface area contributed by atoms with Gasteiger partial charge in [-0.2, -0.15) is 0 Å². The van der Waals surface area contributed by atoms with Crippen LogP contribution in [0.1, 0.15) is 22.3 Å². The molecule has 0 saturated carbocycles. The molecule has 1 amide bonds. The van der Waals surface area contributed by atoms with Crippen LogP contribution in [0, 0.1) is 6.92 Å². The number of nitrogens with one attached hydrogen (secondary N) is 1. The number of aromatic nitrogens is 1. The third-order valence-electron chi connectivity index (χ3n) is 5.32. The summed E-state index contributed by atoms with van der Waals surface area (Å²) in [4.78, 5) is 20.2. The van der Waals surface area contributed by atoms with Crippen molar-refractivity contribution < 1.29 is 9.53 Å². The zero-order valence-corrected chi connectivity index (χ0v) is 16.9. The summed E-state index contributed by atoms with van der Waals surface area (Å²) < 4.78 is 5.38. The molecule has 5 nitrogen and oxygen atoms in total. The van der Waals surface area contributed by atoms with E-state index in [1.165, 1.54) is 5.56 Å². The van der Waals surface area contributed by atoms with Crippen LogP contribution in [0.2, 0.25) is 0 Å². The maximum Gasteiger partial charge on any atom is 0.252 e. The summed E-state index contributed by atoms with van der Waals surface area (Å²) in [6.45, 7) is 7.26.